The molecule has 2 saturated carbocycles. The Morgan fingerprint density at radius 3 is 2.18 bits per heavy atom. The lowest BCUT2D eigenvalue weighted by molar-refractivity contribution is 0.0173. The van der Waals surface area contributed by atoms with Crippen molar-refractivity contribution in [3.8, 4) is 0 Å². The van der Waals surface area contributed by atoms with Gasteiger partial charge in [0, 0.05) is 0 Å². The summed E-state index contributed by atoms with van der Waals surface area (Å²) in [5.74, 6) is 0.780. The van der Waals surface area contributed by atoms with Crippen molar-refractivity contribution in [2.75, 3.05) is 0 Å². The maximum Gasteiger partial charge on any atom is 0.0596 e. The molecule has 0 unspecified atom stereocenters. The van der Waals surface area contributed by atoms with E-state index >= 15 is 0 Å². The molecule has 0 aliphatic heterocycles. The Hall–Kier alpha value is -0.0400. The van der Waals surface area contributed by atoms with E-state index in [-0.39, 0.29) is 11.5 Å². The lowest BCUT2D eigenvalue weighted by atomic mass is 9.71. The van der Waals surface area contributed by atoms with E-state index in [1.54, 1.807) is 0 Å². The van der Waals surface area contributed by atoms with E-state index in [1.165, 1.54) is 12.8 Å². The maximum absolute atomic E-state index is 9.71. The molecule has 0 saturated heterocycles. The van der Waals surface area contributed by atoms with Gasteiger partial charge in [-0.1, -0.05) is 20.8 Å². The van der Waals surface area contributed by atoms with E-state index in [1.807, 2.05) is 0 Å². The average Bonchev–Trinajstić information content (AvgIpc) is 2.16. The van der Waals surface area contributed by atoms with Gasteiger partial charge in [0.05, 0.1) is 6.10 Å². The lowest BCUT2D eigenvalue weighted by Gasteiger charge is -2.36. The van der Waals surface area contributed by atoms with Crippen LogP contribution in [0.5, 0.6) is 0 Å². The second kappa shape index (κ2) is 1.82. The zero-order valence-electron chi connectivity index (χ0n) is 7.72. The molecular formula is C10H18O. The normalized spacial score (nSPS) is 53.5. The topological polar surface area (TPSA) is 20.2 Å². The molecule has 2 aliphatic carbocycles. The third kappa shape index (κ3) is 0.868. The van der Waals surface area contributed by atoms with Gasteiger partial charge in [-0.25, -0.2) is 0 Å². The fraction of sp³-hybridized carbons (Fsp3) is 1.00. The van der Waals surface area contributed by atoms with Crippen LogP contribution in [0, 0.1) is 16.7 Å². The van der Waals surface area contributed by atoms with Crippen molar-refractivity contribution in [3.63, 3.8) is 0 Å². The summed E-state index contributed by atoms with van der Waals surface area (Å²) in [6, 6.07) is 0. The first kappa shape index (κ1) is 7.60. The molecule has 2 bridgehead atoms. The molecule has 0 aromatic heterocycles. The second-order valence-corrected chi connectivity index (χ2v) is 5.47. The van der Waals surface area contributed by atoms with Gasteiger partial charge < -0.3 is 5.11 Å². The van der Waals surface area contributed by atoms with Crippen LogP contribution < -0.4 is 0 Å². The minimum atomic E-state index is -0.0134. The second-order valence-electron chi connectivity index (χ2n) is 5.47. The van der Waals surface area contributed by atoms with Gasteiger partial charge in [-0.05, 0) is 36.0 Å². The molecule has 0 heterocycles. The summed E-state index contributed by atoms with van der Waals surface area (Å²) in [5, 5.41) is 9.71. The zero-order valence-corrected chi connectivity index (χ0v) is 7.72. The minimum Gasteiger partial charge on any atom is -0.393 e. The van der Waals surface area contributed by atoms with Gasteiger partial charge in [0.2, 0.25) is 0 Å². The van der Waals surface area contributed by atoms with Gasteiger partial charge in [0.25, 0.3) is 0 Å². The van der Waals surface area contributed by atoms with Crippen LogP contribution in [-0.2, 0) is 0 Å². The first-order chi connectivity index (χ1) is 4.94. The van der Waals surface area contributed by atoms with Crippen molar-refractivity contribution in [2.24, 2.45) is 16.7 Å². The van der Waals surface area contributed by atoms with E-state index in [9.17, 15) is 5.11 Å². The quantitative estimate of drug-likeness (QED) is 0.567. The molecule has 1 N–H and O–H groups in total. The molecule has 2 rings (SSSR count). The fourth-order valence-corrected chi connectivity index (χ4v) is 3.31. The van der Waals surface area contributed by atoms with Crippen molar-refractivity contribution in [2.45, 2.75) is 46.1 Å². The van der Waals surface area contributed by atoms with E-state index in [4.69, 9.17) is 0 Å². The van der Waals surface area contributed by atoms with Crippen molar-refractivity contribution in [1.29, 1.82) is 0 Å². The molecule has 0 amide bonds. The Morgan fingerprint density at radius 1 is 1.27 bits per heavy atom. The highest BCUT2D eigenvalue weighted by molar-refractivity contribution is 5.06. The summed E-state index contributed by atoms with van der Waals surface area (Å²) in [6.07, 6.45) is 3.50. The van der Waals surface area contributed by atoms with E-state index in [2.05, 4.69) is 20.8 Å². The molecule has 0 radical (unpaired) electrons. The lowest BCUT2D eigenvalue weighted by Crippen LogP contribution is -2.33. The number of aliphatic hydroxyl groups excluding tert-OH is 1. The van der Waals surface area contributed by atoms with Crippen LogP contribution in [0.1, 0.15) is 40.0 Å². The van der Waals surface area contributed by atoms with E-state index in [0.29, 0.717) is 5.41 Å². The Balaban J connectivity index is 2.27. The van der Waals surface area contributed by atoms with Crippen LogP contribution in [0.2, 0.25) is 0 Å². The third-order valence-electron chi connectivity index (χ3n) is 3.99. The van der Waals surface area contributed by atoms with Crippen LogP contribution >= 0.6 is 0 Å². The fourth-order valence-electron chi connectivity index (χ4n) is 3.31. The SMILES string of the molecule is CC1(C)C[C@@]2(C)C[C@H]1C[C@@H]2O. The number of hydrogen-bond donors (Lipinski definition) is 1. The van der Waals surface area contributed by atoms with Gasteiger partial charge >= 0.3 is 0 Å². The number of fused-ring (bicyclic) bond motifs is 2. The van der Waals surface area contributed by atoms with Gasteiger partial charge in [-0.15, -0.1) is 0 Å². The molecule has 11 heavy (non-hydrogen) atoms. The molecule has 2 fully saturated rings. The summed E-state index contributed by atoms with van der Waals surface area (Å²) in [7, 11) is 0. The summed E-state index contributed by atoms with van der Waals surface area (Å²) in [6.45, 7) is 6.93. The predicted molar refractivity (Wildman–Crippen MR) is 45.2 cm³/mol. The molecule has 1 heteroatoms. The number of aliphatic hydroxyl groups is 1. The van der Waals surface area contributed by atoms with Crippen molar-refractivity contribution < 1.29 is 5.11 Å². The van der Waals surface area contributed by atoms with Gasteiger partial charge in [0.1, 0.15) is 0 Å². The van der Waals surface area contributed by atoms with Crippen LogP contribution in [0.15, 0.2) is 0 Å². The molecule has 0 aromatic carbocycles. The van der Waals surface area contributed by atoms with Gasteiger partial charge in [-0.2, -0.15) is 0 Å². The molecule has 0 aromatic rings. The molecule has 0 spiro atoms. The molecule has 1 nitrogen and oxygen atoms in total. The van der Waals surface area contributed by atoms with Crippen LogP contribution in [0.4, 0.5) is 0 Å². The molecule has 3 atom stereocenters. The van der Waals surface area contributed by atoms with Crippen LogP contribution in [0.25, 0.3) is 0 Å². The Bertz CT molecular complexity index is 185. The highest BCUT2D eigenvalue weighted by atomic mass is 16.3. The zero-order chi connectivity index (χ0) is 8.28. The summed E-state index contributed by atoms with van der Waals surface area (Å²) in [4.78, 5) is 0. The largest absolute Gasteiger partial charge is 0.393 e. The highest BCUT2D eigenvalue weighted by Gasteiger charge is 2.56. The molecular weight excluding hydrogens is 136 g/mol. The van der Waals surface area contributed by atoms with Crippen LogP contribution in [-0.4, -0.2) is 11.2 Å². The Morgan fingerprint density at radius 2 is 1.91 bits per heavy atom. The smallest absolute Gasteiger partial charge is 0.0596 e. The summed E-state index contributed by atoms with van der Waals surface area (Å²) >= 11 is 0. The summed E-state index contributed by atoms with van der Waals surface area (Å²) in [5.41, 5.74) is 0.752. The highest BCUT2D eigenvalue weighted by Crippen LogP contribution is 2.62. The first-order valence-corrected chi connectivity index (χ1v) is 4.62. The minimum absolute atomic E-state index is 0.0134. The molecule has 64 valence electrons. The first-order valence-electron chi connectivity index (χ1n) is 4.62. The molecule has 2 aliphatic rings. The standard InChI is InChI=1S/C10H18O/c1-9(2)6-10(3)5-7(9)4-8(10)11/h7-8,11H,4-6H2,1-3H3/t7-,8+,10-/m1/s1. The monoisotopic (exact) mass is 154 g/mol. The summed E-state index contributed by atoms with van der Waals surface area (Å²) < 4.78 is 0. The average molecular weight is 154 g/mol. The van der Waals surface area contributed by atoms with Crippen molar-refractivity contribution >= 4 is 0 Å². The van der Waals surface area contributed by atoms with Gasteiger partial charge in [0.15, 0.2) is 0 Å². The van der Waals surface area contributed by atoms with E-state index in [0.717, 1.165) is 12.3 Å². The van der Waals surface area contributed by atoms with Crippen molar-refractivity contribution in [1.82, 2.24) is 0 Å². The van der Waals surface area contributed by atoms with Crippen molar-refractivity contribution in [3.05, 3.63) is 0 Å². The predicted octanol–water partition coefficient (Wildman–Crippen LogP) is 2.19. The van der Waals surface area contributed by atoms with E-state index < -0.39 is 0 Å². The third-order valence-corrected chi connectivity index (χ3v) is 3.99. The number of hydrogen-bond acceptors (Lipinski definition) is 1. The van der Waals surface area contributed by atoms with Crippen LogP contribution in [0.3, 0.4) is 0 Å². The van der Waals surface area contributed by atoms with Gasteiger partial charge in [-0.3, -0.25) is 0 Å². The Kier molecular flexibility index (Phi) is 1.26. The Labute approximate surface area is 68.8 Å². The number of rotatable bonds is 0. The maximum atomic E-state index is 9.71.